The quantitative estimate of drug-likeness (QED) is 0.180. The molecular weight excluding hydrogens is 663 g/mol. The van der Waals surface area contributed by atoms with Crippen LogP contribution in [0.4, 0.5) is 0 Å². The van der Waals surface area contributed by atoms with E-state index in [-0.39, 0.29) is 0 Å². The third-order valence-electron chi connectivity index (χ3n) is 10.4. The van der Waals surface area contributed by atoms with Crippen LogP contribution in [0.1, 0.15) is 0 Å². The number of nitrogens with zero attached hydrogens (tertiary/aromatic N) is 3. The van der Waals surface area contributed by atoms with Crippen LogP contribution in [-0.2, 0) is 0 Å². The summed E-state index contributed by atoms with van der Waals surface area (Å²) >= 11 is 0. The van der Waals surface area contributed by atoms with Crippen molar-refractivity contribution in [1.82, 2.24) is 15.0 Å². The molecule has 0 bridgehead atoms. The first-order chi connectivity index (χ1) is 26.8. The van der Waals surface area contributed by atoms with Crippen LogP contribution < -0.4 is 0 Å². The maximum absolute atomic E-state index is 6.77. The lowest BCUT2D eigenvalue weighted by atomic mass is 9.94. The van der Waals surface area contributed by atoms with Crippen molar-refractivity contribution in [3.8, 4) is 56.2 Å². The second kappa shape index (κ2) is 12.1. The van der Waals surface area contributed by atoms with Crippen LogP contribution in [0.3, 0.4) is 0 Å². The van der Waals surface area contributed by atoms with E-state index in [0.29, 0.717) is 5.82 Å². The molecule has 54 heavy (non-hydrogen) atoms. The molecule has 7 aromatic carbocycles. The summed E-state index contributed by atoms with van der Waals surface area (Å²) in [6.45, 7) is 0. The summed E-state index contributed by atoms with van der Waals surface area (Å²) in [7, 11) is 0. The van der Waals surface area contributed by atoms with Crippen molar-refractivity contribution in [3.63, 3.8) is 0 Å². The van der Waals surface area contributed by atoms with Gasteiger partial charge >= 0.3 is 0 Å². The van der Waals surface area contributed by atoms with E-state index in [4.69, 9.17) is 18.8 Å². The first-order valence-corrected chi connectivity index (χ1v) is 18.0. The largest absolute Gasteiger partial charge is 0.455 e. The third kappa shape index (κ3) is 4.83. The first-order valence-electron chi connectivity index (χ1n) is 18.0. The molecule has 0 saturated carbocycles. The molecule has 5 heteroatoms. The molecule has 0 aliphatic carbocycles. The molecule has 252 valence electrons. The number of para-hydroxylation sites is 4. The average Bonchev–Trinajstić information content (AvgIpc) is 3.83. The topological polar surface area (TPSA) is 65.0 Å². The predicted octanol–water partition coefficient (Wildman–Crippen LogP) is 13.2. The molecule has 4 heterocycles. The molecule has 0 spiro atoms. The van der Waals surface area contributed by atoms with Gasteiger partial charge in [-0.25, -0.2) is 9.97 Å². The van der Waals surface area contributed by atoms with Gasteiger partial charge in [0.05, 0.1) is 16.9 Å². The zero-order valence-corrected chi connectivity index (χ0v) is 28.9. The van der Waals surface area contributed by atoms with Crippen LogP contribution in [0.25, 0.3) is 111 Å². The number of hydrogen-bond donors (Lipinski definition) is 0. The Bertz CT molecular complexity index is 3210. The van der Waals surface area contributed by atoms with Crippen molar-refractivity contribution >= 4 is 54.8 Å². The molecule has 0 aliphatic rings. The van der Waals surface area contributed by atoms with Crippen LogP contribution in [-0.4, -0.2) is 15.0 Å². The van der Waals surface area contributed by atoms with E-state index in [9.17, 15) is 0 Å². The van der Waals surface area contributed by atoms with E-state index in [0.717, 1.165) is 105 Å². The molecule has 11 aromatic rings. The fourth-order valence-electron chi connectivity index (χ4n) is 7.82. The fraction of sp³-hybridized carbons (Fsp3) is 0. The number of rotatable bonds is 5. The lowest BCUT2D eigenvalue weighted by Crippen LogP contribution is -1.96. The van der Waals surface area contributed by atoms with E-state index in [2.05, 4.69) is 126 Å². The maximum Gasteiger partial charge on any atom is 0.160 e. The second-order valence-electron chi connectivity index (χ2n) is 13.5. The lowest BCUT2D eigenvalue weighted by molar-refractivity contribution is 0.669. The number of aromatic nitrogens is 3. The van der Waals surface area contributed by atoms with Crippen LogP contribution in [0.15, 0.2) is 185 Å². The van der Waals surface area contributed by atoms with Gasteiger partial charge in [-0.1, -0.05) is 140 Å². The number of pyridine rings is 1. The minimum atomic E-state index is 0.634. The Balaban J connectivity index is 1.11. The Kier molecular flexibility index (Phi) is 6.79. The summed E-state index contributed by atoms with van der Waals surface area (Å²) in [5.41, 5.74) is 12.9. The van der Waals surface area contributed by atoms with Crippen LogP contribution in [0.2, 0.25) is 0 Å². The Morgan fingerprint density at radius 2 is 1.04 bits per heavy atom. The standard InChI is InChI=1S/C49H29N3O2/c1-2-11-31(12-3-1)41-29-42(52-49(51-41)33-24-22-30(23-25-33)34-17-8-13-32-14-10-28-50-46(32)34)39-27-26-36(45-40-16-5-7-21-44(40)54-48(39)45)38-19-9-18-37-35-15-4-6-20-43(35)53-47(37)38/h1-29H. The summed E-state index contributed by atoms with van der Waals surface area (Å²) in [5.74, 6) is 0.634. The Hall–Kier alpha value is -7.37. The first kappa shape index (κ1) is 30.3. The summed E-state index contributed by atoms with van der Waals surface area (Å²) in [6, 6.07) is 58.2. The number of hydrogen-bond acceptors (Lipinski definition) is 5. The molecule has 0 unspecified atom stereocenters. The molecule has 0 amide bonds. The summed E-state index contributed by atoms with van der Waals surface area (Å²) in [5, 5.41) is 5.35. The highest BCUT2D eigenvalue weighted by Gasteiger charge is 2.22. The zero-order chi connectivity index (χ0) is 35.6. The molecular formula is C49H29N3O2. The van der Waals surface area contributed by atoms with Crippen molar-refractivity contribution in [2.24, 2.45) is 0 Å². The smallest absolute Gasteiger partial charge is 0.160 e. The number of furan rings is 2. The van der Waals surface area contributed by atoms with E-state index >= 15 is 0 Å². The Morgan fingerprint density at radius 1 is 0.389 bits per heavy atom. The van der Waals surface area contributed by atoms with Gasteiger partial charge in [-0.15, -0.1) is 0 Å². The van der Waals surface area contributed by atoms with Gasteiger partial charge in [-0.05, 0) is 41.5 Å². The summed E-state index contributed by atoms with van der Waals surface area (Å²) < 4.78 is 13.3. The molecule has 5 nitrogen and oxygen atoms in total. The number of benzene rings is 7. The number of fused-ring (bicyclic) bond motifs is 7. The molecule has 0 saturated heterocycles. The Morgan fingerprint density at radius 3 is 1.91 bits per heavy atom. The van der Waals surface area contributed by atoms with Gasteiger partial charge in [0.15, 0.2) is 5.82 Å². The predicted molar refractivity (Wildman–Crippen MR) is 219 cm³/mol. The highest BCUT2D eigenvalue weighted by Crippen LogP contribution is 2.45. The molecule has 0 N–H and O–H groups in total. The van der Waals surface area contributed by atoms with Gasteiger partial charge in [-0.3, -0.25) is 4.98 Å². The molecule has 0 atom stereocenters. The van der Waals surface area contributed by atoms with Gasteiger partial charge in [0.2, 0.25) is 0 Å². The third-order valence-corrected chi connectivity index (χ3v) is 10.4. The van der Waals surface area contributed by atoms with Gasteiger partial charge in [0.1, 0.15) is 22.3 Å². The molecule has 0 fully saturated rings. The monoisotopic (exact) mass is 691 g/mol. The molecule has 0 radical (unpaired) electrons. The highest BCUT2D eigenvalue weighted by atomic mass is 16.3. The molecule has 0 aliphatic heterocycles. The normalized spacial score (nSPS) is 11.7. The van der Waals surface area contributed by atoms with Crippen molar-refractivity contribution in [2.45, 2.75) is 0 Å². The highest BCUT2D eigenvalue weighted by molar-refractivity contribution is 6.19. The SMILES string of the molecule is c1ccc(-c2cc(-c3ccc(-c4cccc5c4oc4ccccc45)c4c3oc3ccccc34)nc(-c3ccc(-c4cccc5cccnc45)cc3)n2)cc1. The van der Waals surface area contributed by atoms with Gasteiger partial charge in [0, 0.05) is 60.9 Å². The van der Waals surface area contributed by atoms with Crippen LogP contribution in [0.5, 0.6) is 0 Å². The maximum atomic E-state index is 6.77. The lowest BCUT2D eigenvalue weighted by Gasteiger charge is -2.12. The van der Waals surface area contributed by atoms with Gasteiger partial charge in [0.25, 0.3) is 0 Å². The molecule has 4 aromatic heterocycles. The van der Waals surface area contributed by atoms with Crippen molar-refractivity contribution in [2.75, 3.05) is 0 Å². The van der Waals surface area contributed by atoms with E-state index in [1.807, 2.05) is 54.7 Å². The van der Waals surface area contributed by atoms with Crippen molar-refractivity contribution in [1.29, 1.82) is 0 Å². The molecule has 11 rings (SSSR count). The van der Waals surface area contributed by atoms with E-state index in [1.165, 1.54) is 0 Å². The minimum absolute atomic E-state index is 0.634. The van der Waals surface area contributed by atoms with E-state index in [1.54, 1.807) is 0 Å². The second-order valence-corrected chi connectivity index (χ2v) is 13.5. The van der Waals surface area contributed by atoms with E-state index < -0.39 is 0 Å². The van der Waals surface area contributed by atoms with Crippen LogP contribution in [0, 0.1) is 0 Å². The fourth-order valence-corrected chi connectivity index (χ4v) is 7.82. The Labute approximate surface area is 309 Å². The zero-order valence-electron chi connectivity index (χ0n) is 28.9. The van der Waals surface area contributed by atoms with Gasteiger partial charge in [-0.2, -0.15) is 0 Å². The average molecular weight is 692 g/mol. The minimum Gasteiger partial charge on any atom is -0.455 e. The summed E-state index contributed by atoms with van der Waals surface area (Å²) in [4.78, 5) is 15.1. The van der Waals surface area contributed by atoms with Crippen molar-refractivity contribution < 1.29 is 8.83 Å². The van der Waals surface area contributed by atoms with Gasteiger partial charge < -0.3 is 8.83 Å². The summed E-state index contributed by atoms with van der Waals surface area (Å²) in [6.07, 6.45) is 1.84. The van der Waals surface area contributed by atoms with Crippen molar-refractivity contribution in [3.05, 3.63) is 176 Å². The van der Waals surface area contributed by atoms with Crippen LogP contribution >= 0.6 is 0 Å².